The second-order valence-electron chi connectivity index (χ2n) is 4.47. The molecule has 1 aliphatic heterocycles. The van der Waals surface area contributed by atoms with E-state index < -0.39 is 0 Å². The molecule has 104 valence electrons. The normalized spacial score (nSPS) is 18.9. The molecule has 0 spiro atoms. The summed E-state index contributed by atoms with van der Waals surface area (Å²) in [6.45, 7) is 3.19. The van der Waals surface area contributed by atoms with Crippen LogP contribution >= 0.6 is 0 Å². The minimum atomic E-state index is -0.354. The van der Waals surface area contributed by atoms with Crippen LogP contribution < -0.4 is 10.2 Å². The number of carbonyl (C=O) groups excluding carboxylic acids is 1. The number of anilines is 1. The van der Waals surface area contributed by atoms with E-state index in [0.29, 0.717) is 5.56 Å². The summed E-state index contributed by atoms with van der Waals surface area (Å²) in [7, 11) is 3.30. The van der Waals surface area contributed by atoms with Crippen molar-refractivity contribution in [2.24, 2.45) is 0 Å². The number of likely N-dealkylation sites (N-methyl/N-ethyl adjacent to an activating group) is 1. The van der Waals surface area contributed by atoms with Crippen LogP contribution in [0.1, 0.15) is 10.4 Å². The van der Waals surface area contributed by atoms with Gasteiger partial charge in [-0.25, -0.2) is 9.78 Å². The van der Waals surface area contributed by atoms with E-state index in [1.165, 1.54) is 7.11 Å². The maximum Gasteiger partial charge on any atom is 0.338 e. The van der Waals surface area contributed by atoms with Gasteiger partial charge in [0.25, 0.3) is 0 Å². The third-order valence-corrected chi connectivity index (χ3v) is 3.04. The van der Waals surface area contributed by atoms with E-state index in [1.54, 1.807) is 18.3 Å². The molecule has 0 bridgehead atoms. The summed E-state index contributed by atoms with van der Waals surface area (Å²) in [6, 6.07) is 3.37. The highest BCUT2D eigenvalue weighted by atomic mass is 16.5. The van der Waals surface area contributed by atoms with Crippen molar-refractivity contribution in [1.29, 1.82) is 0 Å². The number of carbonyl (C=O) groups is 1. The zero-order valence-electron chi connectivity index (χ0n) is 11.3. The molecule has 1 atom stereocenters. The van der Waals surface area contributed by atoms with Crippen molar-refractivity contribution in [2.75, 3.05) is 45.3 Å². The molecule has 1 fully saturated rings. The second-order valence-corrected chi connectivity index (χ2v) is 4.47. The van der Waals surface area contributed by atoms with Gasteiger partial charge in [0.1, 0.15) is 5.82 Å². The summed E-state index contributed by atoms with van der Waals surface area (Å²) in [5.74, 6) is 0.379. The van der Waals surface area contributed by atoms with Crippen LogP contribution in [0.3, 0.4) is 0 Å². The molecule has 6 nitrogen and oxygen atoms in total. The van der Waals surface area contributed by atoms with Crippen LogP contribution in [0.2, 0.25) is 0 Å². The second kappa shape index (κ2) is 6.49. The minimum absolute atomic E-state index is 0.141. The molecule has 0 saturated carbocycles. The van der Waals surface area contributed by atoms with Crippen LogP contribution in [0.4, 0.5) is 5.82 Å². The Balaban J connectivity index is 2.01. The summed E-state index contributed by atoms with van der Waals surface area (Å²) < 4.78 is 10.3. The van der Waals surface area contributed by atoms with Crippen molar-refractivity contribution in [2.45, 2.75) is 6.10 Å². The summed E-state index contributed by atoms with van der Waals surface area (Å²) in [6.07, 6.45) is 1.75. The van der Waals surface area contributed by atoms with Gasteiger partial charge in [0.15, 0.2) is 0 Å². The Morgan fingerprint density at radius 3 is 3.21 bits per heavy atom. The molecule has 0 radical (unpaired) electrons. The van der Waals surface area contributed by atoms with E-state index in [4.69, 9.17) is 9.47 Å². The highest BCUT2D eigenvalue weighted by Gasteiger charge is 2.17. The standard InChI is InChI=1S/C13H19N3O3/c1-16(9-11-8-14-5-6-19-11)12-7-10(3-4-15-12)13(17)18-2/h3-4,7,11,14H,5-6,8-9H2,1-2H3. The van der Waals surface area contributed by atoms with Gasteiger partial charge in [-0.15, -0.1) is 0 Å². The molecule has 0 aliphatic carbocycles. The molecule has 2 rings (SSSR count). The lowest BCUT2D eigenvalue weighted by molar-refractivity contribution is 0.0339. The molecule has 2 heterocycles. The highest BCUT2D eigenvalue weighted by Crippen LogP contribution is 2.13. The third kappa shape index (κ3) is 3.65. The molecular formula is C13H19N3O3. The Morgan fingerprint density at radius 1 is 1.68 bits per heavy atom. The topological polar surface area (TPSA) is 63.7 Å². The molecule has 1 unspecified atom stereocenters. The van der Waals surface area contributed by atoms with Crippen LogP contribution in [0.5, 0.6) is 0 Å². The Kier molecular flexibility index (Phi) is 4.70. The third-order valence-electron chi connectivity index (χ3n) is 3.04. The zero-order valence-corrected chi connectivity index (χ0v) is 11.3. The van der Waals surface area contributed by atoms with Gasteiger partial charge in [-0.3, -0.25) is 0 Å². The lowest BCUT2D eigenvalue weighted by Crippen LogP contribution is -2.44. The zero-order chi connectivity index (χ0) is 13.7. The summed E-state index contributed by atoms with van der Waals surface area (Å²) in [5.41, 5.74) is 0.502. The molecule has 1 aliphatic rings. The average molecular weight is 265 g/mol. The van der Waals surface area contributed by atoms with Gasteiger partial charge in [-0.2, -0.15) is 0 Å². The molecule has 1 aromatic heterocycles. The SMILES string of the molecule is COC(=O)c1ccnc(N(C)CC2CNCCO2)c1. The Morgan fingerprint density at radius 2 is 2.53 bits per heavy atom. The Hall–Kier alpha value is -1.66. The monoisotopic (exact) mass is 265 g/mol. The quantitative estimate of drug-likeness (QED) is 0.790. The smallest absolute Gasteiger partial charge is 0.338 e. The Bertz CT molecular complexity index is 433. The summed E-state index contributed by atoms with van der Waals surface area (Å²) in [4.78, 5) is 17.7. The van der Waals surface area contributed by atoms with Crippen LogP contribution in [0.15, 0.2) is 18.3 Å². The van der Waals surface area contributed by atoms with Crippen molar-refractivity contribution in [3.8, 4) is 0 Å². The van der Waals surface area contributed by atoms with Crippen LogP contribution in [-0.2, 0) is 9.47 Å². The molecule has 0 amide bonds. The summed E-state index contributed by atoms with van der Waals surface area (Å²) >= 11 is 0. The largest absolute Gasteiger partial charge is 0.465 e. The van der Waals surface area contributed by atoms with Gasteiger partial charge in [0.2, 0.25) is 0 Å². The van der Waals surface area contributed by atoms with Gasteiger partial charge in [0.05, 0.1) is 25.4 Å². The average Bonchev–Trinajstić information content (AvgIpc) is 2.47. The predicted octanol–water partition coefficient (Wildman–Crippen LogP) is 0.293. The minimum Gasteiger partial charge on any atom is -0.465 e. The number of ether oxygens (including phenoxy) is 2. The molecule has 1 aromatic rings. The van der Waals surface area contributed by atoms with E-state index in [0.717, 1.165) is 32.1 Å². The van der Waals surface area contributed by atoms with Gasteiger partial charge in [-0.1, -0.05) is 0 Å². The lowest BCUT2D eigenvalue weighted by atomic mass is 10.2. The number of nitrogens with one attached hydrogen (secondary N) is 1. The number of pyridine rings is 1. The predicted molar refractivity (Wildman–Crippen MR) is 71.5 cm³/mol. The van der Waals surface area contributed by atoms with Crippen LogP contribution in [0.25, 0.3) is 0 Å². The van der Waals surface area contributed by atoms with Gasteiger partial charge < -0.3 is 19.7 Å². The van der Waals surface area contributed by atoms with Crippen molar-refractivity contribution in [1.82, 2.24) is 10.3 Å². The number of hydrogen-bond acceptors (Lipinski definition) is 6. The molecule has 1 saturated heterocycles. The number of morpholine rings is 1. The summed E-state index contributed by atoms with van der Waals surface area (Å²) in [5, 5.41) is 3.28. The van der Waals surface area contributed by atoms with E-state index in [9.17, 15) is 4.79 Å². The molecule has 6 heteroatoms. The van der Waals surface area contributed by atoms with Crippen LogP contribution in [0, 0.1) is 0 Å². The van der Waals surface area contributed by atoms with Crippen molar-refractivity contribution < 1.29 is 14.3 Å². The lowest BCUT2D eigenvalue weighted by Gasteiger charge is -2.28. The Labute approximate surface area is 112 Å². The number of esters is 1. The van der Waals surface area contributed by atoms with E-state index in [1.807, 2.05) is 11.9 Å². The highest BCUT2D eigenvalue weighted by molar-refractivity contribution is 5.90. The number of aromatic nitrogens is 1. The first-order valence-electron chi connectivity index (χ1n) is 6.28. The van der Waals surface area contributed by atoms with Crippen molar-refractivity contribution >= 4 is 11.8 Å². The molecule has 0 aromatic carbocycles. The number of nitrogens with zero attached hydrogens (tertiary/aromatic N) is 2. The fourth-order valence-corrected chi connectivity index (χ4v) is 2.01. The van der Waals surface area contributed by atoms with Gasteiger partial charge in [-0.05, 0) is 12.1 Å². The maximum absolute atomic E-state index is 11.5. The molecule has 1 N–H and O–H groups in total. The van der Waals surface area contributed by atoms with Gasteiger partial charge >= 0.3 is 5.97 Å². The van der Waals surface area contributed by atoms with Crippen molar-refractivity contribution in [3.63, 3.8) is 0 Å². The first-order valence-corrected chi connectivity index (χ1v) is 6.28. The molecular weight excluding hydrogens is 246 g/mol. The maximum atomic E-state index is 11.5. The number of methoxy groups -OCH3 is 1. The molecule has 19 heavy (non-hydrogen) atoms. The van der Waals surface area contributed by atoms with Crippen molar-refractivity contribution in [3.05, 3.63) is 23.9 Å². The fraction of sp³-hybridized carbons (Fsp3) is 0.538. The first kappa shape index (κ1) is 13.8. The van der Waals surface area contributed by atoms with E-state index >= 15 is 0 Å². The van der Waals surface area contributed by atoms with Gasteiger partial charge in [0, 0.05) is 32.9 Å². The van der Waals surface area contributed by atoms with E-state index in [2.05, 4.69) is 10.3 Å². The fourth-order valence-electron chi connectivity index (χ4n) is 2.01. The van der Waals surface area contributed by atoms with E-state index in [-0.39, 0.29) is 12.1 Å². The van der Waals surface area contributed by atoms with Crippen LogP contribution in [-0.4, -0.2) is 57.5 Å². The first-order chi connectivity index (χ1) is 9.20. The number of hydrogen-bond donors (Lipinski definition) is 1. The number of rotatable bonds is 4.